The fraction of sp³-hybridized carbons (Fsp3) is 0.278. The molecule has 0 unspecified atom stereocenters. The van der Waals surface area contributed by atoms with Gasteiger partial charge in [-0.2, -0.15) is 13.5 Å². The van der Waals surface area contributed by atoms with Gasteiger partial charge in [-0.25, -0.2) is 4.83 Å². The van der Waals surface area contributed by atoms with Crippen LogP contribution >= 0.6 is 0 Å². The van der Waals surface area contributed by atoms with E-state index in [4.69, 9.17) is 4.74 Å². The molecule has 0 saturated heterocycles. The Bertz CT molecular complexity index is 877. The lowest BCUT2D eigenvalue weighted by Crippen LogP contribution is -2.19. The molecule has 2 rings (SSSR count). The normalized spacial score (nSPS) is 11.6. The van der Waals surface area contributed by atoms with Gasteiger partial charge in [-0.3, -0.25) is 0 Å². The molecule has 2 aromatic rings. The van der Waals surface area contributed by atoms with E-state index in [1.807, 2.05) is 19.9 Å². The van der Waals surface area contributed by atoms with Crippen LogP contribution < -0.4 is 9.57 Å². The van der Waals surface area contributed by atoms with Gasteiger partial charge in [0.15, 0.2) is 0 Å². The number of aromatic hydroxyl groups is 1. The van der Waals surface area contributed by atoms with Gasteiger partial charge in [0.25, 0.3) is 10.0 Å². The van der Waals surface area contributed by atoms with E-state index in [9.17, 15) is 13.5 Å². The number of nitrogens with one attached hydrogen (secondary N) is 1. The van der Waals surface area contributed by atoms with Crippen molar-refractivity contribution in [3.8, 4) is 11.5 Å². The summed E-state index contributed by atoms with van der Waals surface area (Å²) in [5, 5.41) is 13.7. The van der Waals surface area contributed by atoms with Crippen molar-refractivity contribution in [3.05, 3.63) is 53.1 Å². The molecule has 0 fully saturated rings. The zero-order valence-electron chi connectivity index (χ0n) is 14.5. The summed E-state index contributed by atoms with van der Waals surface area (Å²) in [6, 6.07) is 9.94. The Morgan fingerprint density at radius 2 is 1.96 bits per heavy atom. The number of nitrogens with zero attached hydrogens (tertiary/aromatic N) is 1. The second-order valence-corrected chi connectivity index (χ2v) is 7.32. The average molecular weight is 362 g/mol. The molecule has 0 spiro atoms. The lowest BCUT2D eigenvalue weighted by Gasteiger charge is -2.08. The summed E-state index contributed by atoms with van der Waals surface area (Å²) in [4.78, 5) is 2.35. The number of phenolic OH excluding ortho intramolecular Hbond substituents is 1. The molecule has 0 amide bonds. The predicted molar refractivity (Wildman–Crippen MR) is 97.7 cm³/mol. The highest BCUT2D eigenvalue weighted by atomic mass is 32.2. The lowest BCUT2D eigenvalue weighted by atomic mass is 10.2. The van der Waals surface area contributed by atoms with Crippen LogP contribution in [0, 0.1) is 13.8 Å². The molecule has 2 aromatic carbocycles. The molecule has 0 saturated carbocycles. The largest absolute Gasteiger partial charge is 0.507 e. The van der Waals surface area contributed by atoms with Crippen LogP contribution in [0.4, 0.5) is 0 Å². The first-order valence-electron chi connectivity index (χ1n) is 7.91. The van der Waals surface area contributed by atoms with Crippen molar-refractivity contribution in [2.24, 2.45) is 5.10 Å². The number of sulfonamides is 1. The van der Waals surface area contributed by atoms with E-state index in [1.165, 1.54) is 12.3 Å². The van der Waals surface area contributed by atoms with Crippen molar-refractivity contribution in [2.75, 3.05) is 6.61 Å². The van der Waals surface area contributed by atoms with E-state index >= 15 is 0 Å². The van der Waals surface area contributed by atoms with E-state index < -0.39 is 10.0 Å². The van der Waals surface area contributed by atoms with Gasteiger partial charge in [0.2, 0.25) is 0 Å². The van der Waals surface area contributed by atoms with Crippen LogP contribution in [0.5, 0.6) is 11.5 Å². The van der Waals surface area contributed by atoms with Crippen LogP contribution in [-0.4, -0.2) is 26.3 Å². The molecule has 0 aliphatic carbocycles. The third-order valence-electron chi connectivity index (χ3n) is 3.48. The molecular weight excluding hydrogens is 340 g/mol. The number of hydrazone groups is 1. The Morgan fingerprint density at radius 3 is 2.64 bits per heavy atom. The SMILES string of the molecule is CCCOc1ccc(C=NNS(=O)(=O)c2cc(C)ccc2C)c(O)c1. The van der Waals surface area contributed by atoms with Gasteiger partial charge in [0, 0.05) is 11.6 Å². The summed E-state index contributed by atoms with van der Waals surface area (Å²) >= 11 is 0. The van der Waals surface area contributed by atoms with E-state index in [-0.39, 0.29) is 10.6 Å². The Balaban J connectivity index is 2.13. The van der Waals surface area contributed by atoms with Gasteiger partial charge in [-0.1, -0.05) is 19.1 Å². The Labute approximate surface area is 148 Å². The number of rotatable bonds is 7. The smallest absolute Gasteiger partial charge is 0.276 e. The molecule has 134 valence electrons. The molecule has 6 nitrogen and oxygen atoms in total. The monoisotopic (exact) mass is 362 g/mol. The standard InChI is InChI=1S/C18H22N2O4S/c1-4-9-24-16-8-7-15(17(21)11-16)12-19-20-25(22,23)18-10-13(2)5-6-14(18)3/h5-8,10-12,20-21H,4,9H2,1-3H3. The van der Waals surface area contributed by atoms with Crippen LogP contribution in [0.3, 0.4) is 0 Å². The first kappa shape index (κ1) is 18.8. The molecular formula is C18H22N2O4S. The quantitative estimate of drug-likeness (QED) is 0.585. The second-order valence-electron chi connectivity index (χ2n) is 5.69. The van der Waals surface area contributed by atoms with Crippen LogP contribution in [0.15, 0.2) is 46.4 Å². The van der Waals surface area contributed by atoms with Gasteiger partial charge >= 0.3 is 0 Å². The predicted octanol–water partition coefficient (Wildman–Crippen LogP) is 3.11. The summed E-state index contributed by atoms with van der Waals surface area (Å²) in [6.45, 7) is 6.09. The molecule has 2 N–H and O–H groups in total. The van der Waals surface area contributed by atoms with Crippen molar-refractivity contribution in [3.63, 3.8) is 0 Å². The van der Waals surface area contributed by atoms with Crippen molar-refractivity contribution in [2.45, 2.75) is 32.1 Å². The zero-order chi connectivity index (χ0) is 18.4. The van der Waals surface area contributed by atoms with Gasteiger partial charge < -0.3 is 9.84 Å². The van der Waals surface area contributed by atoms with Gasteiger partial charge in [-0.15, -0.1) is 0 Å². The Morgan fingerprint density at radius 1 is 1.20 bits per heavy atom. The Hall–Kier alpha value is -2.54. The van der Waals surface area contributed by atoms with Crippen molar-refractivity contribution >= 4 is 16.2 Å². The number of hydrogen-bond donors (Lipinski definition) is 2. The first-order valence-corrected chi connectivity index (χ1v) is 9.39. The lowest BCUT2D eigenvalue weighted by molar-refractivity contribution is 0.315. The average Bonchev–Trinajstić information content (AvgIpc) is 2.56. The van der Waals surface area contributed by atoms with Crippen molar-refractivity contribution in [1.82, 2.24) is 4.83 Å². The molecule has 0 aromatic heterocycles. The molecule has 25 heavy (non-hydrogen) atoms. The summed E-state index contributed by atoms with van der Waals surface area (Å²) in [7, 11) is -3.77. The maximum atomic E-state index is 12.3. The van der Waals surface area contributed by atoms with E-state index in [0.717, 1.165) is 12.0 Å². The van der Waals surface area contributed by atoms with Gasteiger partial charge in [0.1, 0.15) is 11.5 Å². The first-order chi connectivity index (χ1) is 11.8. The topological polar surface area (TPSA) is 88.0 Å². The molecule has 0 atom stereocenters. The second kappa shape index (κ2) is 8.02. The molecule has 0 bridgehead atoms. The van der Waals surface area contributed by atoms with Gasteiger partial charge in [0.05, 0.1) is 17.7 Å². The summed E-state index contributed by atoms with van der Waals surface area (Å²) in [5.41, 5.74) is 1.86. The summed E-state index contributed by atoms with van der Waals surface area (Å²) in [6.07, 6.45) is 2.12. The molecule has 0 aliphatic rings. The molecule has 0 aliphatic heterocycles. The minimum absolute atomic E-state index is 0.0386. The minimum atomic E-state index is -3.77. The highest BCUT2D eigenvalue weighted by Gasteiger charge is 2.15. The van der Waals surface area contributed by atoms with Crippen LogP contribution in [0.1, 0.15) is 30.0 Å². The Kier molecular flexibility index (Phi) is 6.03. The maximum Gasteiger partial charge on any atom is 0.276 e. The third kappa shape index (κ3) is 4.96. The van der Waals surface area contributed by atoms with Crippen LogP contribution in [-0.2, 0) is 10.0 Å². The maximum absolute atomic E-state index is 12.3. The molecule has 0 heterocycles. The fourth-order valence-electron chi connectivity index (χ4n) is 2.15. The van der Waals surface area contributed by atoms with Crippen LogP contribution in [0.2, 0.25) is 0 Å². The van der Waals surface area contributed by atoms with E-state index in [1.54, 1.807) is 31.2 Å². The highest BCUT2D eigenvalue weighted by Crippen LogP contribution is 2.22. The van der Waals surface area contributed by atoms with Crippen LogP contribution in [0.25, 0.3) is 0 Å². The number of benzene rings is 2. The highest BCUT2D eigenvalue weighted by molar-refractivity contribution is 7.89. The number of phenols is 1. The summed E-state index contributed by atoms with van der Waals surface area (Å²) in [5.74, 6) is 0.510. The van der Waals surface area contributed by atoms with Gasteiger partial charge in [-0.05, 0) is 49.6 Å². The van der Waals surface area contributed by atoms with E-state index in [2.05, 4.69) is 9.93 Å². The van der Waals surface area contributed by atoms with Crippen molar-refractivity contribution < 1.29 is 18.3 Å². The third-order valence-corrected chi connectivity index (χ3v) is 4.85. The molecule has 0 radical (unpaired) electrons. The fourth-order valence-corrected chi connectivity index (χ4v) is 3.28. The van der Waals surface area contributed by atoms with E-state index in [0.29, 0.717) is 23.5 Å². The molecule has 7 heteroatoms. The zero-order valence-corrected chi connectivity index (χ0v) is 15.3. The summed E-state index contributed by atoms with van der Waals surface area (Å²) < 4.78 is 30.1. The number of aryl methyl sites for hydroxylation is 2. The number of hydrogen-bond acceptors (Lipinski definition) is 5. The minimum Gasteiger partial charge on any atom is -0.507 e. The number of ether oxygens (including phenoxy) is 1. The van der Waals surface area contributed by atoms with Crippen molar-refractivity contribution in [1.29, 1.82) is 0 Å².